The maximum Gasteiger partial charge on any atom is 0.0578 e. The smallest absolute Gasteiger partial charge is 0.0578 e. The molecule has 54 valence electrons. The van der Waals surface area contributed by atoms with Gasteiger partial charge in [0.15, 0.2) is 0 Å². The Labute approximate surface area is 63.4 Å². The van der Waals surface area contributed by atoms with E-state index in [0.29, 0.717) is 0 Å². The third kappa shape index (κ3) is 2.76. The van der Waals surface area contributed by atoms with Crippen molar-refractivity contribution in [1.82, 2.24) is 0 Å². The van der Waals surface area contributed by atoms with Gasteiger partial charge in [0.1, 0.15) is 0 Å². The lowest BCUT2D eigenvalue weighted by molar-refractivity contribution is 0.885. The summed E-state index contributed by atoms with van der Waals surface area (Å²) in [5.74, 6) is 1.43. The van der Waals surface area contributed by atoms with Gasteiger partial charge in [-0.25, -0.2) is 0 Å². The SMILES string of the molecule is C[Si]1(C)CCCCSC1. The summed E-state index contributed by atoms with van der Waals surface area (Å²) in [6.07, 6.45) is 2.98. The highest BCUT2D eigenvalue weighted by atomic mass is 32.2. The third-order valence-corrected chi connectivity index (χ3v) is 8.11. The standard InChI is InChI=1S/C7H16SSi/c1-9(2)6-4-3-5-8-7-9/h3-7H2,1-2H3. The summed E-state index contributed by atoms with van der Waals surface area (Å²) in [6, 6.07) is 1.57. The van der Waals surface area contributed by atoms with Crippen molar-refractivity contribution in [2.45, 2.75) is 32.0 Å². The minimum Gasteiger partial charge on any atom is -0.165 e. The van der Waals surface area contributed by atoms with Crippen LogP contribution in [0.2, 0.25) is 19.1 Å². The Bertz CT molecular complexity index is 80.9. The van der Waals surface area contributed by atoms with E-state index >= 15 is 0 Å². The zero-order chi connectivity index (χ0) is 6.74. The van der Waals surface area contributed by atoms with Crippen molar-refractivity contribution in [1.29, 1.82) is 0 Å². The largest absolute Gasteiger partial charge is 0.165 e. The zero-order valence-corrected chi connectivity index (χ0v) is 8.26. The van der Waals surface area contributed by atoms with Crippen molar-refractivity contribution in [2.75, 3.05) is 11.1 Å². The molecule has 0 spiro atoms. The van der Waals surface area contributed by atoms with Crippen LogP contribution in [0.5, 0.6) is 0 Å². The predicted octanol–water partition coefficient (Wildman–Crippen LogP) is 2.76. The molecule has 0 N–H and O–H groups in total. The Kier molecular flexibility index (Phi) is 2.65. The molecule has 1 aliphatic heterocycles. The van der Waals surface area contributed by atoms with Crippen LogP contribution in [0.25, 0.3) is 0 Å². The Morgan fingerprint density at radius 2 is 2.00 bits per heavy atom. The lowest BCUT2D eigenvalue weighted by atomic mass is 10.4. The number of hydrogen-bond acceptors (Lipinski definition) is 1. The van der Waals surface area contributed by atoms with Crippen LogP contribution in [-0.4, -0.2) is 19.2 Å². The molecule has 0 nitrogen and oxygen atoms in total. The number of rotatable bonds is 0. The van der Waals surface area contributed by atoms with Gasteiger partial charge in [0.05, 0.1) is 8.07 Å². The maximum absolute atomic E-state index is 2.52. The highest BCUT2D eigenvalue weighted by Crippen LogP contribution is 2.24. The van der Waals surface area contributed by atoms with E-state index in [0.717, 1.165) is 0 Å². The Morgan fingerprint density at radius 1 is 1.22 bits per heavy atom. The van der Waals surface area contributed by atoms with Crippen LogP contribution in [0.4, 0.5) is 0 Å². The predicted molar refractivity (Wildman–Crippen MR) is 48.8 cm³/mol. The van der Waals surface area contributed by atoms with Crippen molar-refractivity contribution in [3.05, 3.63) is 0 Å². The molecule has 1 aliphatic rings. The van der Waals surface area contributed by atoms with Gasteiger partial charge in [0.2, 0.25) is 0 Å². The molecule has 0 aromatic rings. The second kappa shape index (κ2) is 3.11. The van der Waals surface area contributed by atoms with Gasteiger partial charge in [-0.3, -0.25) is 0 Å². The van der Waals surface area contributed by atoms with E-state index in [1.54, 1.807) is 6.04 Å². The molecule has 0 saturated carbocycles. The molecule has 9 heavy (non-hydrogen) atoms. The molecule has 0 unspecified atom stereocenters. The molecule has 0 aliphatic carbocycles. The fraction of sp³-hybridized carbons (Fsp3) is 1.00. The van der Waals surface area contributed by atoms with Crippen molar-refractivity contribution >= 4 is 19.8 Å². The van der Waals surface area contributed by atoms with Crippen molar-refractivity contribution < 1.29 is 0 Å². The molecule has 1 fully saturated rings. The summed E-state index contributed by atoms with van der Waals surface area (Å²) >= 11 is 2.18. The molecular formula is C7H16SSi. The van der Waals surface area contributed by atoms with Gasteiger partial charge < -0.3 is 0 Å². The molecule has 1 saturated heterocycles. The number of hydrogen-bond donors (Lipinski definition) is 0. The Balaban J connectivity index is 2.36. The Morgan fingerprint density at radius 3 is 2.78 bits per heavy atom. The van der Waals surface area contributed by atoms with Crippen LogP contribution in [0.15, 0.2) is 0 Å². The lowest BCUT2D eigenvalue weighted by Crippen LogP contribution is -2.27. The summed E-state index contributed by atoms with van der Waals surface area (Å²) in [5.41, 5.74) is 0. The average Bonchev–Trinajstić information content (AvgIpc) is 1.92. The van der Waals surface area contributed by atoms with Crippen LogP contribution < -0.4 is 0 Å². The Hall–Kier alpha value is 0.567. The van der Waals surface area contributed by atoms with Crippen LogP contribution >= 0.6 is 11.8 Å². The average molecular weight is 160 g/mol. The molecule has 0 amide bonds. The van der Waals surface area contributed by atoms with Gasteiger partial charge in [-0.05, 0) is 17.5 Å². The van der Waals surface area contributed by atoms with E-state index in [9.17, 15) is 0 Å². The van der Waals surface area contributed by atoms with Crippen LogP contribution in [0.1, 0.15) is 12.8 Å². The highest BCUT2D eigenvalue weighted by molar-refractivity contribution is 8.00. The second-order valence-corrected chi connectivity index (χ2v) is 10.5. The van der Waals surface area contributed by atoms with Crippen molar-refractivity contribution in [3.63, 3.8) is 0 Å². The van der Waals surface area contributed by atoms with Crippen molar-refractivity contribution in [3.8, 4) is 0 Å². The molecule has 0 aromatic heterocycles. The molecule has 0 aromatic carbocycles. The van der Waals surface area contributed by atoms with E-state index < -0.39 is 8.07 Å². The van der Waals surface area contributed by atoms with Crippen LogP contribution in [0, 0.1) is 0 Å². The first-order valence-electron chi connectivity index (χ1n) is 3.78. The maximum atomic E-state index is 2.52. The van der Waals surface area contributed by atoms with Gasteiger partial charge in [-0.1, -0.05) is 25.6 Å². The highest BCUT2D eigenvalue weighted by Gasteiger charge is 2.21. The lowest BCUT2D eigenvalue weighted by Gasteiger charge is -2.17. The molecule has 2 heteroatoms. The quantitative estimate of drug-likeness (QED) is 0.491. The minimum absolute atomic E-state index is 0.678. The molecule has 0 bridgehead atoms. The fourth-order valence-corrected chi connectivity index (χ4v) is 6.21. The summed E-state index contributed by atoms with van der Waals surface area (Å²) in [4.78, 5) is 0. The van der Waals surface area contributed by atoms with Crippen LogP contribution in [-0.2, 0) is 0 Å². The van der Waals surface area contributed by atoms with E-state index in [4.69, 9.17) is 0 Å². The monoisotopic (exact) mass is 160 g/mol. The second-order valence-electron chi connectivity index (χ2n) is 3.67. The fourth-order valence-electron chi connectivity index (χ4n) is 1.23. The molecule has 0 atom stereocenters. The third-order valence-electron chi connectivity index (χ3n) is 1.89. The summed E-state index contributed by atoms with van der Waals surface area (Å²) in [5, 5.41) is 1.51. The van der Waals surface area contributed by atoms with Crippen molar-refractivity contribution in [2.24, 2.45) is 0 Å². The normalized spacial score (nSPS) is 27.3. The van der Waals surface area contributed by atoms with Gasteiger partial charge in [0, 0.05) is 0 Å². The summed E-state index contributed by atoms with van der Waals surface area (Å²) in [6.45, 7) is 5.04. The zero-order valence-electron chi connectivity index (χ0n) is 6.44. The van der Waals surface area contributed by atoms with Crippen LogP contribution in [0.3, 0.4) is 0 Å². The molecule has 1 heterocycles. The molecule has 0 radical (unpaired) electrons. The minimum atomic E-state index is -0.678. The van der Waals surface area contributed by atoms with E-state index in [-0.39, 0.29) is 0 Å². The van der Waals surface area contributed by atoms with Gasteiger partial charge in [-0.2, -0.15) is 11.8 Å². The van der Waals surface area contributed by atoms with Gasteiger partial charge in [-0.15, -0.1) is 0 Å². The van der Waals surface area contributed by atoms with E-state index in [1.165, 1.54) is 24.0 Å². The number of thioether (sulfide) groups is 1. The topological polar surface area (TPSA) is 0 Å². The van der Waals surface area contributed by atoms with Gasteiger partial charge in [0.25, 0.3) is 0 Å². The first-order chi connectivity index (χ1) is 4.21. The van der Waals surface area contributed by atoms with E-state index in [1.807, 2.05) is 0 Å². The van der Waals surface area contributed by atoms with Gasteiger partial charge >= 0.3 is 0 Å². The molecule has 1 rings (SSSR count). The summed E-state index contributed by atoms with van der Waals surface area (Å²) in [7, 11) is -0.678. The first kappa shape index (κ1) is 7.67. The first-order valence-corrected chi connectivity index (χ1v) is 8.35. The summed E-state index contributed by atoms with van der Waals surface area (Å²) < 4.78 is 0. The molecular weight excluding hydrogens is 144 g/mol. The van der Waals surface area contributed by atoms with E-state index in [2.05, 4.69) is 24.9 Å².